The molecule has 0 aliphatic carbocycles. The minimum absolute atomic E-state index is 0.228. The molecule has 0 saturated heterocycles. The number of halogens is 2. The highest BCUT2D eigenvalue weighted by Crippen LogP contribution is 2.18. The average molecular weight is 262 g/mol. The summed E-state index contributed by atoms with van der Waals surface area (Å²) in [7, 11) is 0. The third-order valence-electron chi connectivity index (χ3n) is 2.22. The zero-order chi connectivity index (χ0) is 12.1. The second-order valence-electron chi connectivity index (χ2n) is 4.34. The Morgan fingerprint density at radius 3 is 2.50 bits per heavy atom. The molecule has 0 amide bonds. The molecule has 0 radical (unpaired) electrons. The lowest BCUT2D eigenvalue weighted by atomic mass is 10.1. The fourth-order valence-electron chi connectivity index (χ4n) is 1.51. The van der Waals surface area contributed by atoms with Crippen LogP contribution in [-0.2, 0) is 11.3 Å². The minimum atomic E-state index is 0.228. The van der Waals surface area contributed by atoms with Crippen LogP contribution >= 0.6 is 23.2 Å². The molecule has 1 rings (SSSR count). The molecular formula is C12H17Cl2NO. The van der Waals surface area contributed by atoms with Gasteiger partial charge in [-0.1, -0.05) is 43.1 Å². The van der Waals surface area contributed by atoms with Crippen LogP contribution in [0.5, 0.6) is 0 Å². The monoisotopic (exact) mass is 261 g/mol. The van der Waals surface area contributed by atoms with Crippen molar-refractivity contribution in [3.63, 3.8) is 0 Å². The Balaban J connectivity index is 2.48. The summed E-state index contributed by atoms with van der Waals surface area (Å²) in [4.78, 5) is 3.96. The third-order valence-corrected chi connectivity index (χ3v) is 2.76. The number of aromatic nitrogens is 1. The summed E-state index contributed by atoms with van der Waals surface area (Å²) in [6, 6.07) is 3.57. The van der Waals surface area contributed by atoms with Crippen LogP contribution in [0.4, 0.5) is 0 Å². The van der Waals surface area contributed by atoms with E-state index in [2.05, 4.69) is 25.8 Å². The molecule has 0 fully saturated rings. The van der Waals surface area contributed by atoms with Crippen molar-refractivity contribution in [1.82, 2.24) is 4.98 Å². The molecule has 16 heavy (non-hydrogen) atoms. The fraction of sp³-hybridized carbons (Fsp3) is 0.583. The Morgan fingerprint density at radius 2 is 1.94 bits per heavy atom. The van der Waals surface area contributed by atoms with Crippen molar-refractivity contribution in [3.8, 4) is 0 Å². The zero-order valence-electron chi connectivity index (χ0n) is 9.84. The Hall–Kier alpha value is -0.310. The lowest BCUT2D eigenvalue weighted by Crippen LogP contribution is -2.11. The highest BCUT2D eigenvalue weighted by molar-refractivity contribution is 6.32. The number of hydrogen-bond donors (Lipinski definition) is 0. The first-order chi connectivity index (χ1) is 7.49. The first-order valence-electron chi connectivity index (χ1n) is 5.41. The number of hydrogen-bond acceptors (Lipinski definition) is 2. The van der Waals surface area contributed by atoms with E-state index in [1.807, 2.05) is 6.07 Å². The molecule has 0 aromatic carbocycles. The van der Waals surface area contributed by atoms with E-state index < -0.39 is 0 Å². The van der Waals surface area contributed by atoms with E-state index in [1.165, 1.54) is 0 Å². The minimum Gasteiger partial charge on any atom is -0.374 e. The SMILES string of the molecule is CC(C)CC(C)OCc1ccc(Cl)nc1Cl. The van der Waals surface area contributed by atoms with Crippen LogP contribution in [0.15, 0.2) is 12.1 Å². The number of pyridine rings is 1. The summed E-state index contributed by atoms with van der Waals surface area (Å²) in [5.74, 6) is 0.633. The molecular weight excluding hydrogens is 245 g/mol. The summed E-state index contributed by atoms with van der Waals surface area (Å²) in [6.07, 6.45) is 1.27. The highest BCUT2D eigenvalue weighted by Gasteiger charge is 2.08. The molecule has 1 heterocycles. The van der Waals surface area contributed by atoms with E-state index in [4.69, 9.17) is 27.9 Å². The van der Waals surface area contributed by atoms with Gasteiger partial charge in [-0.3, -0.25) is 0 Å². The standard InChI is InChI=1S/C12H17Cl2NO/c1-8(2)6-9(3)16-7-10-4-5-11(13)15-12(10)14/h4-5,8-9H,6-7H2,1-3H3. The predicted molar refractivity (Wildman–Crippen MR) is 68.0 cm³/mol. The molecule has 2 nitrogen and oxygen atoms in total. The molecule has 1 unspecified atom stereocenters. The molecule has 0 aliphatic heterocycles. The van der Waals surface area contributed by atoms with Gasteiger partial charge in [-0.25, -0.2) is 4.98 Å². The topological polar surface area (TPSA) is 22.1 Å². The van der Waals surface area contributed by atoms with Gasteiger partial charge in [-0.15, -0.1) is 0 Å². The molecule has 0 aliphatic rings. The molecule has 1 aromatic heterocycles. The van der Waals surface area contributed by atoms with Gasteiger partial charge in [0.05, 0.1) is 12.7 Å². The lowest BCUT2D eigenvalue weighted by molar-refractivity contribution is 0.0396. The maximum Gasteiger partial charge on any atom is 0.136 e. The van der Waals surface area contributed by atoms with E-state index in [0.717, 1.165) is 12.0 Å². The summed E-state index contributed by atoms with van der Waals surface area (Å²) in [5, 5.41) is 0.827. The molecule has 0 bridgehead atoms. The summed E-state index contributed by atoms with van der Waals surface area (Å²) < 4.78 is 5.69. The van der Waals surface area contributed by atoms with Crippen LogP contribution in [0.2, 0.25) is 10.3 Å². The van der Waals surface area contributed by atoms with Crippen molar-refractivity contribution in [1.29, 1.82) is 0 Å². The van der Waals surface area contributed by atoms with Gasteiger partial charge in [-0.2, -0.15) is 0 Å². The van der Waals surface area contributed by atoms with Crippen molar-refractivity contribution in [3.05, 3.63) is 28.0 Å². The van der Waals surface area contributed by atoms with E-state index in [0.29, 0.717) is 22.8 Å². The second-order valence-corrected chi connectivity index (χ2v) is 5.08. The van der Waals surface area contributed by atoms with Crippen molar-refractivity contribution in [2.75, 3.05) is 0 Å². The van der Waals surface area contributed by atoms with Crippen molar-refractivity contribution >= 4 is 23.2 Å². The first kappa shape index (κ1) is 13.8. The van der Waals surface area contributed by atoms with E-state index in [1.54, 1.807) is 6.07 Å². The largest absolute Gasteiger partial charge is 0.374 e. The summed E-state index contributed by atoms with van der Waals surface area (Å²) >= 11 is 11.7. The van der Waals surface area contributed by atoms with Gasteiger partial charge >= 0.3 is 0 Å². The molecule has 1 atom stereocenters. The van der Waals surface area contributed by atoms with Gasteiger partial charge in [-0.05, 0) is 25.3 Å². The predicted octanol–water partition coefficient (Wildman–Crippen LogP) is 4.34. The van der Waals surface area contributed by atoms with Gasteiger partial charge < -0.3 is 4.74 Å². The van der Waals surface area contributed by atoms with Crippen LogP contribution in [0.1, 0.15) is 32.8 Å². The molecule has 0 spiro atoms. The lowest BCUT2D eigenvalue weighted by Gasteiger charge is -2.15. The Bertz CT molecular complexity index is 342. The van der Waals surface area contributed by atoms with Gasteiger partial charge in [0.15, 0.2) is 0 Å². The van der Waals surface area contributed by atoms with Gasteiger partial charge in [0.1, 0.15) is 10.3 Å². The highest BCUT2D eigenvalue weighted by atomic mass is 35.5. The fourth-order valence-corrected chi connectivity index (χ4v) is 1.91. The van der Waals surface area contributed by atoms with Crippen LogP contribution < -0.4 is 0 Å². The Kier molecular flexibility index (Phi) is 5.53. The third kappa shape index (κ3) is 4.69. The maximum absolute atomic E-state index is 5.94. The van der Waals surface area contributed by atoms with Gasteiger partial charge in [0, 0.05) is 5.56 Å². The smallest absolute Gasteiger partial charge is 0.136 e. The molecule has 90 valence electrons. The number of rotatable bonds is 5. The Morgan fingerprint density at radius 1 is 1.25 bits per heavy atom. The normalized spacial score (nSPS) is 13.1. The van der Waals surface area contributed by atoms with Crippen LogP contribution in [-0.4, -0.2) is 11.1 Å². The van der Waals surface area contributed by atoms with Crippen LogP contribution in [0, 0.1) is 5.92 Å². The number of ether oxygens (including phenoxy) is 1. The van der Waals surface area contributed by atoms with Gasteiger partial charge in [0.2, 0.25) is 0 Å². The molecule has 4 heteroatoms. The van der Waals surface area contributed by atoms with Gasteiger partial charge in [0.25, 0.3) is 0 Å². The van der Waals surface area contributed by atoms with Crippen LogP contribution in [0.3, 0.4) is 0 Å². The molecule has 0 N–H and O–H groups in total. The maximum atomic E-state index is 5.94. The van der Waals surface area contributed by atoms with E-state index >= 15 is 0 Å². The average Bonchev–Trinajstić information content (AvgIpc) is 2.15. The summed E-state index contributed by atoms with van der Waals surface area (Å²) in [5.41, 5.74) is 0.877. The van der Waals surface area contributed by atoms with E-state index in [9.17, 15) is 0 Å². The molecule has 1 aromatic rings. The van der Waals surface area contributed by atoms with Crippen molar-refractivity contribution in [2.24, 2.45) is 5.92 Å². The van der Waals surface area contributed by atoms with Crippen LogP contribution in [0.25, 0.3) is 0 Å². The first-order valence-corrected chi connectivity index (χ1v) is 6.17. The molecule has 0 saturated carbocycles. The van der Waals surface area contributed by atoms with E-state index in [-0.39, 0.29) is 6.10 Å². The number of nitrogens with zero attached hydrogens (tertiary/aromatic N) is 1. The second kappa shape index (κ2) is 6.43. The Labute approximate surface area is 107 Å². The van der Waals surface area contributed by atoms with Crippen molar-refractivity contribution in [2.45, 2.75) is 39.9 Å². The van der Waals surface area contributed by atoms with Crippen molar-refractivity contribution < 1.29 is 4.74 Å². The summed E-state index contributed by atoms with van der Waals surface area (Å²) in [6.45, 7) is 6.90. The zero-order valence-corrected chi connectivity index (χ0v) is 11.3. The quantitative estimate of drug-likeness (QED) is 0.736.